The zero-order valence-electron chi connectivity index (χ0n) is 13.6. The van der Waals surface area contributed by atoms with E-state index in [0.717, 1.165) is 22.4 Å². The summed E-state index contributed by atoms with van der Waals surface area (Å²) in [4.78, 5) is 0. The van der Waals surface area contributed by atoms with Gasteiger partial charge in [-0.3, -0.25) is 0 Å². The number of rotatable bonds is 4. The van der Waals surface area contributed by atoms with E-state index in [4.69, 9.17) is 4.74 Å². The molecule has 3 heteroatoms. The summed E-state index contributed by atoms with van der Waals surface area (Å²) in [6.07, 6.45) is 0. The third-order valence-electron chi connectivity index (χ3n) is 3.30. The molecule has 0 atom stereocenters. The van der Waals surface area contributed by atoms with Gasteiger partial charge in [0.05, 0.1) is 0 Å². The molecule has 0 fully saturated rings. The molecule has 0 saturated carbocycles. The van der Waals surface area contributed by atoms with Gasteiger partial charge in [0.15, 0.2) is 0 Å². The van der Waals surface area contributed by atoms with Crippen LogP contribution in [0.5, 0.6) is 11.5 Å². The van der Waals surface area contributed by atoms with Crippen LogP contribution in [0.3, 0.4) is 0 Å². The maximum absolute atomic E-state index is 9.31. The number of phenols is 1. The molecule has 0 amide bonds. The van der Waals surface area contributed by atoms with Crippen LogP contribution in [0.2, 0.25) is 0 Å². The molecular weight excluding hydrogens is 299 g/mol. The molecule has 0 aliphatic heterocycles. The van der Waals surface area contributed by atoms with Crippen LogP contribution >= 0.6 is 0 Å². The number of aromatic hydroxyl groups is 1. The van der Waals surface area contributed by atoms with Gasteiger partial charge in [-0.25, -0.2) is 0 Å². The van der Waals surface area contributed by atoms with Crippen molar-refractivity contribution in [2.24, 2.45) is 0 Å². The van der Waals surface area contributed by atoms with Crippen molar-refractivity contribution in [1.82, 2.24) is 0 Å². The Morgan fingerprint density at radius 3 is 1.86 bits per heavy atom. The number of phenolic OH excluding ortho intramolecular Hbond substituents is 1. The molecule has 106 valence electrons. The van der Waals surface area contributed by atoms with E-state index in [1.807, 2.05) is 66.7 Å². The molecule has 3 aromatic rings. The van der Waals surface area contributed by atoms with Crippen molar-refractivity contribution in [2.75, 3.05) is 0 Å². The maximum Gasteiger partial charge on any atom is 1.00 e. The molecule has 0 aliphatic rings. The minimum atomic E-state index is 0. The van der Waals surface area contributed by atoms with Crippen LogP contribution in [-0.4, -0.2) is 5.11 Å². The van der Waals surface area contributed by atoms with Crippen LogP contribution in [0, 0.1) is 0 Å². The largest absolute Gasteiger partial charge is 1.00 e. The Balaban J connectivity index is 0.00000132. The Bertz CT molecular complexity index is 698. The first kappa shape index (κ1) is 17.3. The number of hydrogen-bond donors (Lipinski definition) is 1. The predicted molar refractivity (Wildman–Crippen MR) is 85.4 cm³/mol. The fraction of sp³-hybridized carbons (Fsp3) is 0.0526. The van der Waals surface area contributed by atoms with Gasteiger partial charge in [-0.1, -0.05) is 54.6 Å². The fourth-order valence-electron chi connectivity index (χ4n) is 2.14. The topological polar surface area (TPSA) is 29.5 Å². The summed E-state index contributed by atoms with van der Waals surface area (Å²) in [6, 6.07) is 25.2. The van der Waals surface area contributed by atoms with Crippen molar-refractivity contribution in [3.63, 3.8) is 0 Å². The maximum atomic E-state index is 9.31. The molecule has 0 spiro atoms. The van der Waals surface area contributed by atoms with Crippen LogP contribution in [0.15, 0.2) is 78.9 Å². The summed E-state index contributed by atoms with van der Waals surface area (Å²) in [6.45, 7) is 0.569. The van der Waals surface area contributed by atoms with Crippen LogP contribution in [0.25, 0.3) is 11.1 Å². The van der Waals surface area contributed by atoms with E-state index in [0.29, 0.717) is 6.61 Å². The van der Waals surface area contributed by atoms with Crippen molar-refractivity contribution in [2.45, 2.75) is 6.61 Å². The van der Waals surface area contributed by atoms with E-state index >= 15 is 0 Å². The fourth-order valence-corrected chi connectivity index (χ4v) is 2.14. The molecule has 22 heavy (non-hydrogen) atoms. The van der Waals surface area contributed by atoms with Crippen LogP contribution < -0.4 is 56.1 Å². The molecule has 2 nitrogen and oxygen atoms in total. The molecule has 0 unspecified atom stereocenters. The van der Waals surface area contributed by atoms with Crippen LogP contribution in [-0.2, 0) is 6.61 Å². The van der Waals surface area contributed by atoms with Gasteiger partial charge in [0.25, 0.3) is 0 Å². The normalized spacial score (nSPS) is 9.82. The van der Waals surface area contributed by atoms with E-state index in [9.17, 15) is 5.11 Å². The van der Waals surface area contributed by atoms with Crippen LogP contribution in [0.4, 0.5) is 0 Å². The first-order chi connectivity index (χ1) is 10.3. The van der Waals surface area contributed by atoms with E-state index in [2.05, 4.69) is 0 Å². The zero-order valence-corrected chi connectivity index (χ0v) is 15.7. The molecule has 3 aromatic carbocycles. The SMILES string of the molecule is Oc1ccc(-c2ccc(OCc3ccccc3)cc2)cc1.[H-].[K+]. The Labute approximate surface area is 174 Å². The number of ether oxygens (including phenoxy) is 1. The summed E-state index contributed by atoms with van der Waals surface area (Å²) < 4.78 is 5.76. The zero-order chi connectivity index (χ0) is 14.5. The third-order valence-corrected chi connectivity index (χ3v) is 3.30. The quantitative estimate of drug-likeness (QED) is 0.743. The monoisotopic (exact) mass is 316 g/mol. The van der Waals surface area contributed by atoms with E-state index < -0.39 is 0 Å². The van der Waals surface area contributed by atoms with Crippen molar-refractivity contribution in [3.8, 4) is 22.6 Å². The standard InChI is InChI=1S/C19H16O2.K.H/c20-18-10-6-16(7-11-18)17-8-12-19(13-9-17)21-14-15-4-2-1-3-5-15;;/h1-13,20H,14H2;;/q;+1;-1. The molecule has 0 radical (unpaired) electrons. The van der Waals surface area contributed by atoms with Gasteiger partial charge in [0, 0.05) is 0 Å². The average Bonchev–Trinajstić information content (AvgIpc) is 2.55. The summed E-state index contributed by atoms with van der Waals surface area (Å²) in [5.74, 6) is 1.13. The van der Waals surface area contributed by atoms with Gasteiger partial charge < -0.3 is 11.3 Å². The summed E-state index contributed by atoms with van der Waals surface area (Å²) >= 11 is 0. The minimum Gasteiger partial charge on any atom is -1.00 e. The van der Waals surface area contributed by atoms with Crippen molar-refractivity contribution in [3.05, 3.63) is 84.4 Å². The summed E-state index contributed by atoms with van der Waals surface area (Å²) in [5, 5.41) is 9.31. The molecule has 0 aromatic heterocycles. The molecule has 0 heterocycles. The van der Waals surface area contributed by atoms with E-state index in [1.165, 1.54) is 0 Å². The van der Waals surface area contributed by atoms with Crippen molar-refractivity contribution < 1.29 is 62.7 Å². The second-order valence-corrected chi connectivity index (χ2v) is 4.85. The Kier molecular flexibility index (Phi) is 6.67. The molecule has 0 aliphatic carbocycles. The predicted octanol–water partition coefficient (Wildman–Crippen LogP) is 1.75. The molecule has 3 rings (SSSR count). The van der Waals surface area contributed by atoms with Crippen molar-refractivity contribution in [1.29, 1.82) is 0 Å². The van der Waals surface area contributed by atoms with Gasteiger partial charge in [0.1, 0.15) is 18.1 Å². The second kappa shape index (κ2) is 8.51. The smallest absolute Gasteiger partial charge is 1.00 e. The van der Waals surface area contributed by atoms with Crippen molar-refractivity contribution >= 4 is 0 Å². The van der Waals surface area contributed by atoms with Gasteiger partial charge in [-0.15, -0.1) is 0 Å². The summed E-state index contributed by atoms with van der Waals surface area (Å²) in [7, 11) is 0. The van der Waals surface area contributed by atoms with Gasteiger partial charge in [-0.05, 0) is 41.0 Å². The molecule has 0 bridgehead atoms. The Morgan fingerprint density at radius 1 is 0.727 bits per heavy atom. The second-order valence-electron chi connectivity index (χ2n) is 4.85. The first-order valence-corrected chi connectivity index (χ1v) is 6.87. The molecule has 1 N–H and O–H groups in total. The first-order valence-electron chi connectivity index (χ1n) is 6.87. The molecule has 0 saturated heterocycles. The van der Waals surface area contributed by atoms with Gasteiger partial charge in [0.2, 0.25) is 0 Å². The Morgan fingerprint density at radius 2 is 1.27 bits per heavy atom. The number of hydrogen-bond acceptors (Lipinski definition) is 2. The van der Waals surface area contributed by atoms with Gasteiger partial charge >= 0.3 is 51.4 Å². The van der Waals surface area contributed by atoms with E-state index in [1.54, 1.807) is 12.1 Å². The third kappa shape index (κ3) is 4.70. The van der Waals surface area contributed by atoms with Gasteiger partial charge in [-0.2, -0.15) is 0 Å². The molecular formula is C19H17KO2. The summed E-state index contributed by atoms with van der Waals surface area (Å²) in [5.41, 5.74) is 3.32. The van der Waals surface area contributed by atoms with E-state index in [-0.39, 0.29) is 58.6 Å². The average molecular weight is 316 g/mol. The van der Waals surface area contributed by atoms with Crippen LogP contribution in [0.1, 0.15) is 6.99 Å². The Hall–Kier alpha value is -1.10. The minimum absolute atomic E-state index is 0. The number of benzene rings is 3.